The van der Waals surface area contributed by atoms with Crippen LogP contribution in [0.15, 0.2) is 141 Å². The van der Waals surface area contributed by atoms with Gasteiger partial charge in [-0.15, -0.1) is 0 Å². The molecule has 8 nitrogen and oxygen atoms in total. The summed E-state index contributed by atoms with van der Waals surface area (Å²) in [6.45, 7) is 0. The first-order chi connectivity index (χ1) is 17.4. The van der Waals surface area contributed by atoms with Crippen molar-refractivity contribution in [2.75, 3.05) is 0 Å². The number of hydrogen-bond donors (Lipinski definition) is 0. The standard InChI is InChI=1S/C26H20N2O6S2/c29-35(30,23-17-9-3-10-18-23)33-27-25(21-13-5-1-6-14-21)26(22-15-7-2-8-16-22)28-34-36(31,32)24-19-11-4-12-20-24/h1-20H/b27-25+,28-26+. The molecule has 0 N–H and O–H groups in total. The van der Waals surface area contributed by atoms with Crippen molar-refractivity contribution >= 4 is 31.7 Å². The highest BCUT2D eigenvalue weighted by Crippen LogP contribution is 2.17. The zero-order valence-electron chi connectivity index (χ0n) is 18.7. The van der Waals surface area contributed by atoms with Crippen LogP contribution in [0.1, 0.15) is 11.1 Å². The van der Waals surface area contributed by atoms with Gasteiger partial charge in [-0.2, -0.15) is 16.8 Å². The molecule has 182 valence electrons. The van der Waals surface area contributed by atoms with Crippen molar-refractivity contribution in [3.63, 3.8) is 0 Å². The predicted molar refractivity (Wildman–Crippen MR) is 135 cm³/mol. The van der Waals surface area contributed by atoms with Crippen LogP contribution in [0.5, 0.6) is 0 Å². The van der Waals surface area contributed by atoms with Gasteiger partial charge in [0.25, 0.3) is 0 Å². The molecule has 0 saturated carbocycles. The minimum Gasteiger partial charge on any atom is -0.264 e. The van der Waals surface area contributed by atoms with E-state index in [1.807, 2.05) is 0 Å². The lowest BCUT2D eigenvalue weighted by molar-refractivity contribution is 0.334. The minimum atomic E-state index is -4.27. The Morgan fingerprint density at radius 3 is 1.03 bits per heavy atom. The number of benzene rings is 4. The van der Waals surface area contributed by atoms with Crippen LogP contribution >= 0.6 is 0 Å². The van der Waals surface area contributed by atoms with Crippen molar-refractivity contribution in [1.29, 1.82) is 0 Å². The molecule has 36 heavy (non-hydrogen) atoms. The van der Waals surface area contributed by atoms with Gasteiger partial charge in [-0.1, -0.05) is 107 Å². The van der Waals surface area contributed by atoms with Gasteiger partial charge in [-0.25, -0.2) is 0 Å². The second kappa shape index (κ2) is 11.0. The van der Waals surface area contributed by atoms with E-state index in [4.69, 9.17) is 8.57 Å². The van der Waals surface area contributed by atoms with E-state index in [1.54, 1.807) is 97.1 Å². The summed E-state index contributed by atoms with van der Waals surface area (Å²) in [6.07, 6.45) is 0. The summed E-state index contributed by atoms with van der Waals surface area (Å²) in [5, 5.41) is 7.83. The fourth-order valence-corrected chi connectivity index (χ4v) is 4.59. The third-order valence-electron chi connectivity index (χ3n) is 4.84. The lowest BCUT2D eigenvalue weighted by atomic mass is 10.0. The Hall–Kier alpha value is -4.28. The van der Waals surface area contributed by atoms with E-state index < -0.39 is 20.2 Å². The number of rotatable bonds is 9. The molecule has 4 aromatic carbocycles. The molecule has 0 unspecified atom stereocenters. The summed E-state index contributed by atoms with van der Waals surface area (Å²) >= 11 is 0. The maximum absolute atomic E-state index is 12.7. The zero-order valence-corrected chi connectivity index (χ0v) is 20.3. The molecule has 0 heterocycles. The average Bonchev–Trinajstić information content (AvgIpc) is 2.92. The number of hydrogen-bond acceptors (Lipinski definition) is 8. The van der Waals surface area contributed by atoms with Gasteiger partial charge in [-0.3, -0.25) is 8.57 Å². The third-order valence-corrected chi connectivity index (χ3v) is 7.08. The molecule has 0 fully saturated rings. The van der Waals surface area contributed by atoms with Crippen LogP contribution in [-0.2, 0) is 28.8 Å². The monoisotopic (exact) mass is 520 g/mol. The second-order valence-corrected chi connectivity index (χ2v) is 10.4. The summed E-state index contributed by atoms with van der Waals surface area (Å²) < 4.78 is 61.0. The number of oxime groups is 2. The Kier molecular flexibility index (Phi) is 7.57. The largest absolute Gasteiger partial charge is 0.358 e. The lowest BCUT2D eigenvalue weighted by Gasteiger charge is -2.11. The highest BCUT2D eigenvalue weighted by atomic mass is 32.2. The van der Waals surface area contributed by atoms with Gasteiger partial charge >= 0.3 is 20.2 Å². The molecule has 0 aliphatic rings. The topological polar surface area (TPSA) is 111 Å². The highest BCUT2D eigenvalue weighted by Gasteiger charge is 2.22. The molecule has 0 aliphatic heterocycles. The molecule has 4 aromatic rings. The van der Waals surface area contributed by atoms with Crippen LogP contribution < -0.4 is 0 Å². The predicted octanol–water partition coefficient (Wildman–Crippen LogP) is 4.61. The summed E-state index contributed by atoms with van der Waals surface area (Å²) in [6, 6.07) is 32.0. The van der Waals surface area contributed by atoms with E-state index in [-0.39, 0.29) is 21.2 Å². The molecule has 0 bridgehead atoms. The van der Waals surface area contributed by atoms with E-state index in [1.165, 1.54) is 24.3 Å². The quantitative estimate of drug-likeness (QED) is 0.235. The minimum absolute atomic E-state index is 0.0513. The van der Waals surface area contributed by atoms with Gasteiger partial charge in [0.05, 0.1) is 0 Å². The van der Waals surface area contributed by atoms with Crippen LogP contribution in [0.4, 0.5) is 0 Å². The van der Waals surface area contributed by atoms with E-state index in [2.05, 4.69) is 10.3 Å². The van der Waals surface area contributed by atoms with Gasteiger partial charge in [0.1, 0.15) is 21.2 Å². The number of nitrogens with zero attached hydrogens (tertiary/aromatic N) is 2. The van der Waals surface area contributed by atoms with E-state index in [9.17, 15) is 16.8 Å². The Labute approximate surface area is 209 Å². The van der Waals surface area contributed by atoms with Gasteiger partial charge in [0.2, 0.25) is 0 Å². The SMILES string of the molecule is O=S(=O)(O/N=C(/C(=N/OS(=O)(=O)c1ccccc1)c1ccccc1)c1ccccc1)c1ccccc1. The van der Waals surface area contributed by atoms with Gasteiger partial charge < -0.3 is 0 Å². The Morgan fingerprint density at radius 2 is 0.722 bits per heavy atom. The molecule has 0 amide bonds. The van der Waals surface area contributed by atoms with Crippen LogP contribution in [0.3, 0.4) is 0 Å². The second-order valence-electron chi connectivity index (χ2n) is 7.30. The normalized spacial score (nSPS) is 12.7. The van der Waals surface area contributed by atoms with Crippen molar-refractivity contribution < 1.29 is 25.4 Å². The first-order valence-electron chi connectivity index (χ1n) is 10.6. The smallest absolute Gasteiger partial charge is 0.264 e. The van der Waals surface area contributed by atoms with E-state index >= 15 is 0 Å². The molecule has 0 spiro atoms. The summed E-state index contributed by atoms with van der Waals surface area (Å²) in [5.74, 6) is 0. The van der Waals surface area contributed by atoms with Gasteiger partial charge in [0.15, 0.2) is 0 Å². The van der Waals surface area contributed by atoms with Gasteiger partial charge in [-0.05, 0) is 24.3 Å². The Bertz CT molecular complexity index is 1450. The Balaban J connectivity index is 1.82. The fraction of sp³-hybridized carbons (Fsp3) is 0. The van der Waals surface area contributed by atoms with E-state index in [0.717, 1.165) is 0 Å². The van der Waals surface area contributed by atoms with Crippen molar-refractivity contribution in [1.82, 2.24) is 0 Å². The molecular formula is C26H20N2O6S2. The maximum atomic E-state index is 12.7. The zero-order chi connectivity index (χ0) is 25.4. The molecular weight excluding hydrogens is 500 g/mol. The lowest BCUT2D eigenvalue weighted by Crippen LogP contribution is -2.20. The van der Waals surface area contributed by atoms with E-state index in [0.29, 0.717) is 11.1 Å². The molecule has 0 saturated heterocycles. The van der Waals surface area contributed by atoms with Gasteiger partial charge in [0, 0.05) is 11.1 Å². The summed E-state index contributed by atoms with van der Waals surface area (Å²) in [4.78, 5) is -0.190. The highest BCUT2D eigenvalue weighted by molar-refractivity contribution is 7.87. The third kappa shape index (κ3) is 6.04. The van der Waals surface area contributed by atoms with Crippen LogP contribution in [0.2, 0.25) is 0 Å². The first kappa shape index (κ1) is 24.8. The molecule has 0 aliphatic carbocycles. The molecule has 0 aromatic heterocycles. The fourth-order valence-electron chi connectivity index (χ4n) is 3.09. The van der Waals surface area contributed by atoms with Crippen molar-refractivity contribution in [3.8, 4) is 0 Å². The average molecular weight is 521 g/mol. The first-order valence-corrected chi connectivity index (χ1v) is 13.4. The van der Waals surface area contributed by atoms with Crippen LogP contribution in [0, 0.1) is 0 Å². The molecule has 4 rings (SSSR count). The van der Waals surface area contributed by atoms with Crippen molar-refractivity contribution in [2.45, 2.75) is 9.79 Å². The molecule has 0 radical (unpaired) electrons. The summed E-state index contributed by atoms with van der Waals surface area (Å²) in [7, 11) is -8.53. The Morgan fingerprint density at radius 1 is 0.444 bits per heavy atom. The van der Waals surface area contributed by atoms with Crippen LogP contribution in [-0.4, -0.2) is 28.3 Å². The van der Waals surface area contributed by atoms with Crippen LogP contribution in [0.25, 0.3) is 0 Å². The summed E-state index contributed by atoms with van der Waals surface area (Å²) in [5.41, 5.74) is 0.738. The molecule has 0 atom stereocenters. The van der Waals surface area contributed by atoms with Crippen molar-refractivity contribution in [2.24, 2.45) is 10.3 Å². The maximum Gasteiger partial charge on any atom is 0.358 e. The van der Waals surface area contributed by atoms with Crippen molar-refractivity contribution in [3.05, 3.63) is 132 Å². The molecule has 10 heteroatoms.